The fraction of sp³-hybridized carbons (Fsp3) is 0.273. The molecule has 4 aromatic rings. The van der Waals surface area contributed by atoms with E-state index in [2.05, 4.69) is 20.9 Å². The Morgan fingerprint density at radius 3 is 2.63 bits per heavy atom. The van der Waals surface area contributed by atoms with Gasteiger partial charge in [0.15, 0.2) is 11.3 Å². The summed E-state index contributed by atoms with van der Waals surface area (Å²) in [4.78, 5) is 15.7. The Bertz CT molecular complexity index is 1360. The molecule has 0 amide bonds. The third-order valence-electron chi connectivity index (χ3n) is 5.91. The molecule has 150 valence electrons. The molecule has 1 aliphatic rings. The number of nitriles is 1. The van der Waals surface area contributed by atoms with E-state index >= 15 is 0 Å². The standard InChI is InChI=1S/C22H21N7O/c1-12-5-6-17(30)13(2)19(12)29-21-14(18-20(24)25-11-26-22(18)29)9-16(15(10-23)27-21)28-7-3-4-8-28/h5-6,9,11,30H,3-4,7-8H2,1-2H3,(H2,24,25,26). The van der Waals surface area contributed by atoms with Crippen molar-refractivity contribution in [2.75, 3.05) is 23.7 Å². The van der Waals surface area contributed by atoms with Crippen molar-refractivity contribution >= 4 is 33.6 Å². The molecular formula is C22H21N7O. The first-order valence-corrected chi connectivity index (χ1v) is 9.91. The van der Waals surface area contributed by atoms with Crippen molar-refractivity contribution < 1.29 is 5.11 Å². The number of phenols is 1. The summed E-state index contributed by atoms with van der Waals surface area (Å²) in [7, 11) is 0. The minimum atomic E-state index is 0.182. The SMILES string of the molecule is Cc1ccc(O)c(C)c1-n1c2nc(C#N)c(N3CCCC3)cc2c2c(N)ncnc21. The van der Waals surface area contributed by atoms with Gasteiger partial charge in [-0.05, 0) is 44.4 Å². The van der Waals surface area contributed by atoms with Gasteiger partial charge < -0.3 is 15.7 Å². The summed E-state index contributed by atoms with van der Waals surface area (Å²) in [6, 6.07) is 7.77. The zero-order valence-electron chi connectivity index (χ0n) is 16.8. The number of nitrogens with zero attached hydrogens (tertiary/aromatic N) is 6. The van der Waals surface area contributed by atoms with Gasteiger partial charge in [-0.1, -0.05) is 6.07 Å². The second-order valence-corrected chi connectivity index (χ2v) is 7.70. The Kier molecular flexibility index (Phi) is 4.00. The maximum atomic E-state index is 10.4. The van der Waals surface area contributed by atoms with E-state index in [-0.39, 0.29) is 5.75 Å². The van der Waals surface area contributed by atoms with Gasteiger partial charge in [0.1, 0.15) is 29.6 Å². The van der Waals surface area contributed by atoms with Crippen LogP contribution in [0, 0.1) is 25.2 Å². The van der Waals surface area contributed by atoms with E-state index in [0.717, 1.165) is 48.3 Å². The summed E-state index contributed by atoms with van der Waals surface area (Å²) in [5.74, 6) is 0.542. The number of fused-ring (bicyclic) bond motifs is 3. The average molecular weight is 399 g/mol. The van der Waals surface area contributed by atoms with Crippen molar-refractivity contribution in [3.63, 3.8) is 0 Å². The molecule has 8 heteroatoms. The zero-order valence-corrected chi connectivity index (χ0v) is 16.8. The Balaban J connectivity index is 1.96. The summed E-state index contributed by atoms with van der Waals surface area (Å²) in [5.41, 5.74) is 11.1. The summed E-state index contributed by atoms with van der Waals surface area (Å²) in [6.07, 6.45) is 3.61. The van der Waals surface area contributed by atoms with E-state index in [1.807, 2.05) is 30.5 Å². The number of nitrogens with two attached hydrogens (primary N) is 1. The molecule has 8 nitrogen and oxygen atoms in total. The van der Waals surface area contributed by atoms with Crippen LogP contribution in [0.5, 0.6) is 5.75 Å². The van der Waals surface area contributed by atoms with Crippen LogP contribution in [-0.4, -0.2) is 37.7 Å². The summed E-state index contributed by atoms with van der Waals surface area (Å²) in [6.45, 7) is 5.62. The van der Waals surface area contributed by atoms with Gasteiger partial charge in [0.05, 0.1) is 16.8 Å². The Hall–Kier alpha value is -3.86. The number of nitrogen functional groups attached to an aromatic ring is 1. The predicted molar refractivity (Wildman–Crippen MR) is 116 cm³/mol. The highest BCUT2D eigenvalue weighted by Gasteiger charge is 2.25. The molecular weight excluding hydrogens is 378 g/mol. The van der Waals surface area contributed by atoms with Gasteiger partial charge in [-0.15, -0.1) is 0 Å². The van der Waals surface area contributed by atoms with Crippen molar-refractivity contribution in [1.29, 1.82) is 5.26 Å². The lowest BCUT2D eigenvalue weighted by Gasteiger charge is -2.19. The molecule has 3 N–H and O–H groups in total. The summed E-state index contributed by atoms with van der Waals surface area (Å²) in [5, 5.41) is 21.7. The lowest BCUT2D eigenvalue weighted by Crippen LogP contribution is -2.19. The second-order valence-electron chi connectivity index (χ2n) is 7.70. The molecule has 30 heavy (non-hydrogen) atoms. The van der Waals surface area contributed by atoms with Crippen LogP contribution in [0.25, 0.3) is 27.8 Å². The molecule has 1 aromatic carbocycles. The van der Waals surface area contributed by atoms with Crippen molar-refractivity contribution in [3.8, 4) is 17.5 Å². The van der Waals surface area contributed by atoms with E-state index in [1.54, 1.807) is 6.07 Å². The number of anilines is 2. The van der Waals surface area contributed by atoms with Crippen LogP contribution in [0.15, 0.2) is 24.5 Å². The Morgan fingerprint density at radius 1 is 1.13 bits per heavy atom. The number of benzene rings is 1. The molecule has 0 unspecified atom stereocenters. The van der Waals surface area contributed by atoms with Crippen LogP contribution in [-0.2, 0) is 0 Å². The van der Waals surface area contributed by atoms with E-state index in [9.17, 15) is 10.4 Å². The highest BCUT2D eigenvalue weighted by atomic mass is 16.3. The molecule has 3 aromatic heterocycles. The normalized spacial score (nSPS) is 14.0. The fourth-order valence-corrected chi connectivity index (χ4v) is 4.43. The van der Waals surface area contributed by atoms with Crippen LogP contribution in [0.4, 0.5) is 11.5 Å². The molecule has 1 saturated heterocycles. The molecule has 1 fully saturated rings. The van der Waals surface area contributed by atoms with Gasteiger partial charge >= 0.3 is 0 Å². The average Bonchev–Trinajstić information content (AvgIpc) is 3.37. The number of rotatable bonds is 2. The smallest absolute Gasteiger partial charge is 0.166 e. The van der Waals surface area contributed by atoms with Gasteiger partial charge in [-0.25, -0.2) is 15.0 Å². The quantitative estimate of drug-likeness (QED) is 0.531. The molecule has 0 bridgehead atoms. The van der Waals surface area contributed by atoms with Crippen LogP contribution in [0.3, 0.4) is 0 Å². The number of phenolic OH excluding ortho intramolecular Hbond substituents is 1. The zero-order chi connectivity index (χ0) is 21.0. The lowest BCUT2D eigenvalue weighted by atomic mass is 10.1. The van der Waals surface area contributed by atoms with E-state index in [1.165, 1.54) is 6.33 Å². The molecule has 4 heterocycles. The highest BCUT2D eigenvalue weighted by Crippen LogP contribution is 2.38. The van der Waals surface area contributed by atoms with E-state index in [4.69, 9.17) is 10.7 Å². The third kappa shape index (κ3) is 2.48. The van der Waals surface area contributed by atoms with Crippen LogP contribution >= 0.6 is 0 Å². The number of hydrogen-bond acceptors (Lipinski definition) is 7. The minimum absolute atomic E-state index is 0.182. The molecule has 0 radical (unpaired) electrons. The molecule has 0 aliphatic carbocycles. The van der Waals surface area contributed by atoms with Crippen LogP contribution in [0.1, 0.15) is 29.7 Å². The fourth-order valence-electron chi connectivity index (χ4n) is 4.43. The van der Waals surface area contributed by atoms with Crippen LogP contribution in [0.2, 0.25) is 0 Å². The van der Waals surface area contributed by atoms with Crippen molar-refractivity contribution in [2.45, 2.75) is 26.7 Å². The summed E-state index contributed by atoms with van der Waals surface area (Å²) < 4.78 is 1.88. The van der Waals surface area contributed by atoms with E-state index < -0.39 is 0 Å². The van der Waals surface area contributed by atoms with Gasteiger partial charge in [0.25, 0.3) is 0 Å². The maximum absolute atomic E-state index is 10.4. The van der Waals surface area contributed by atoms with Crippen molar-refractivity contribution in [2.24, 2.45) is 0 Å². The van der Waals surface area contributed by atoms with Crippen molar-refractivity contribution in [1.82, 2.24) is 19.5 Å². The second kappa shape index (κ2) is 6.59. The largest absolute Gasteiger partial charge is 0.508 e. The molecule has 0 saturated carbocycles. The number of aromatic nitrogens is 4. The number of aromatic hydroxyl groups is 1. The van der Waals surface area contributed by atoms with Crippen LogP contribution < -0.4 is 10.6 Å². The first kappa shape index (κ1) is 18.2. The van der Waals surface area contributed by atoms with Gasteiger partial charge in [-0.3, -0.25) is 4.57 Å². The number of pyridine rings is 1. The Morgan fingerprint density at radius 2 is 1.90 bits per heavy atom. The minimum Gasteiger partial charge on any atom is -0.508 e. The first-order chi connectivity index (χ1) is 14.5. The van der Waals surface area contributed by atoms with Gasteiger partial charge in [0, 0.05) is 24.0 Å². The first-order valence-electron chi connectivity index (χ1n) is 9.91. The lowest BCUT2D eigenvalue weighted by molar-refractivity contribution is 0.470. The Labute approximate surface area is 173 Å². The van der Waals surface area contributed by atoms with Gasteiger partial charge in [-0.2, -0.15) is 5.26 Å². The van der Waals surface area contributed by atoms with Crippen molar-refractivity contribution in [3.05, 3.63) is 41.3 Å². The predicted octanol–water partition coefficient (Wildman–Crippen LogP) is 3.35. The number of hydrogen-bond donors (Lipinski definition) is 2. The molecule has 1 aliphatic heterocycles. The molecule has 0 spiro atoms. The summed E-state index contributed by atoms with van der Waals surface area (Å²) >= 11 is 0. The van der Waals surface area contributed by atoms with Gasteiger partial charge in [0.2, 0.25) is 0 Å². The van der Waals surface area contributed by atoms with E-state index in [0.29, 0.717) is 33.8 Å². The number of aryl methyl sites for hydroxylation is 1. The molecule has 5 rings (SSSR count). The monoisotopic (exact) mass is 399 g/mol. The topological polar surface area (TPSA) is 117 Å². The highest BCUT2D eigenvalue weighted by molar-refractivity contribution is 6.12. The molecule has 0 atom stereocenters. The maximum Gasteiger partial charge on any atom is 0.166 e. The third-order valence-corrected chi connectivity index (χ3v) is 5.91.